The van der Waals surface area contributed by atoms with Crippen LogP contribution in [0.1, 0.15) is 11.1 Å². The van der Waals surface area contributed by atoms with Crippen LogP contribution < -0.4 is 4.74 Å². The molecule has 2 aromatic rings. The van der Waals surface area contributed by atoms with Crippen molar-refractivity contribution in [3.63, 3.8) is 0 Å². The first-order valence-electron chi connectivity index (χ1n) is 6.56. The number of nitrogens with zero attached hydrogens (tertiary/aromatic N) is 1. The van der Waals surface area contributed by atoms with Crippen LogP contribution in [0.3, 0.4) is 0 Å². The van der Waals surface area contributed by atoms with Crippen molar-refractivity contribution in [1.82, 2.24) is 5.06 Å². The van der Waals surface area contributed by atoms with E-state index in [0.29, 0.717) is 11.7 Å². The molecule has 0 unspecified atom stereocenters. The van der Waals surface area contributed by atoms with Gasteiger partial charge in [0.2, 0.25) is 0 Å². The van der Waals surface area contributed by atoms with E-state index in [-0.39, 0.29) is 0 Å². The van der Waals surface area contributed by atoms with Crippen molar-refractivity contribution in [2.24, 2.45) is 0 Å². The van der Waals surface area contributed by atoms with Gasteiger partial charge < -0.3 is 4.74 Å². The molecule has 0 aliphatic rings. The predicted octanol–water partition coefficient (Wildman–Crippen LogP) is 3.13. The molecule has 0 saturated carbocycles. The van der Waals surface area contributed by atoms with E-state index in [9.17, 15) is 4.79 Å². The maximum atomic E-state index is 11.2. The fourth-order valence-corrected chi connectivity index (χ4v) is 1.69. The Balaban J connectivity index is 1.91. The van der Waals surface area contributed by atoms with Crippen molar-refractivity contribution in [2.45, 2.75) is 6.61 Å². The van der Waals surface area contributed by atoms with Gasteiger partial charge in [-0.1, -0.05) is 42.5 Å². The second-order valence-corrected chi connectivity index (χ2v) is 4.54. The van der Waals surface area contributed by atoms with Gasteiger partial charge in [0, 0.05) is 13.1 Å². The molecule has 4 heteroatoms. The van der Waals surface area contributed by atoms with Gasteiger partial charge in [-0.05, 0) is 29.3 Å². The summed E-state index contributed by atoms with van der Waals surface area (Å²) in [6, 6.07) is 17.3. The van der Waals surface area contributed by atoms with Crippen molar-refractivity contribution in [3.8, 4) is 5.75 Å². The van der Waals surface area contributed by atoms with Crippen LogP contribution in [-0.2, 0) is 11.4 Å². The Kier molecular flexibility index (Phi) is 5.12. The van der Waals surface area contributed by atoms with Crippen LogP contribution in [0.5, 0.6) is 5.75 Å². The van der Waals surface area contributed by atoms with Crippen LogP contribution in [0.15, 0.2) is 60.7 Å². The summed E-state index contributed by atoms with van der Waals surface area (Å²) >= 11 is 0. The number of hydrogen-bond donors (Lipinski definition) is 1. The van der Waals surface area contributed by atoms with Crippen LogP contribution in [0.2, 0.25) is 0 Å². The number of carbonyl (C=O) groups excluding carboxylic acids is 1. The van der Waals surface area contributed by atoms with Crippen LogP contribution in [0, 0.1) is 0 Å². The number of carbonyl (C=O) groups is 1. The summed E-state index contributed by atoms with van der Waals surface area (Å²) in [6.45, 7) is 0.518. The van der Waals surface area contributed by atoms with E-state index >= 15 is 0 Å². The molecule has 2 aromatic carbocycles. The summed E-state index contributed by atoms with van der Waals surface area (Å²) in [5.41, 5.74) is 1.97. The van der Waals surface area contributed by atoms with Gasteiger partial charge >= 0.3 is 0 Å². The van der Waals surface area contributed by atoms with Crippen molar-refractivity contribution in [3.05, 3.63) is 71.8 Å². The topological polar surface area (TPSA) is 49.8 Å². The minimum absolute atomic E-state index is 0.473. The molecule has 4 nitrogen and oxygen atoms in total. The zero-order valence-electron chi connectivity index (χ0n) is 11.8. The molecule has 2 rings (SSSR count). The van der Waals surface area contributed by atoms with E-state index in [4.69, 9.17) is 9.94 Å². The molecule has 0 fully saturated rings. The lowest BCUT2D eigenvalue weighted by Gasteiger charge is -2.06. The molecule has 0 saturated heterocycles. The Morgan fingerprint density at radius 2 is 1.81 bits per heavy atom. The normalized spacial score (nSPS) is 10.6. The van der Waals surface area contributed by atoms with Gasteiger partial charge in [-0.25, -0.2) is 5.06 Å². The maximum Gasteiger partial charge on any atom is 0.269 e. The van der Waals surface area contributed by atoms with Crippen molar-refractivity contribution >= 4 is 12.0 Å². The summed E-state index contributed by atoms with van der Waals surface area (Å²) in [4.78, 5) is 11.2. The summed E-state index contributed by atoms with van der Waals surface area (Å²) < 4.78 is 5.67. The van der Waals surface area contributed by atoms with Gasteiger partial charge in [0.05, 0.1) is 0 Å². The average molecular weight is 283 g/mol. The Morgan fingerprint density at radius 3 is 2.43 bits per heavy atom. The zero-order chi connectivity index (χ0) is 15.1. The first-order valence-corrected chi connectivity index (χ1v) is 6.56. The highest BCUT2D eigenvalue weighted by Gasteiger charge is 1.99. The van der Waals surface area contributed by atoms with Crippen LogP contribution >= 0.6 is 0 Å². The van der Waals surface area contributed by atoms with Crippen molar-refractivity contribution in [2.75, 3.05) is 7.05 Å². The third kappa shape index (κ3) is 4.78. The molecule has 0 aliphatic heterocycles. The van der Waals surface area contributed by atoms with Gasteiger partial charge in [-0.2, -0.15) is 0 Å². The maximum absolute atomic E-state index is 11.2. The second kappa shape index (κ2) is 7.26. The molecule has 0 spiro atoms. The molecular weight excluding hydrogens is 266 g/mol. The van der Waals surface area contributed by atoms with E-state index in [1.54, 1.807) is 6.08 Å². The highest BCUT2D eigenvalue weighted by Crippen LogP contribution is 2.15. The Bertz CT molecular complexity index is 604. The molecule has 1 N–H and O–H groups in total. The molecule has 21 heavy (non-hydrogen) atoms. The SMILES string of the molecule is CN(O)C(=O)/C=C/c1ccc(OCc2ccccc2)cc1. The highest BCUT2D eigenvalue weighted by molar-refractivity contribution is 5.90. The average Bonchev–Trinajstić information content (AvgIpc) is 2.52. The molecule has 0 atom stereocenters. The van der Waals surface area contributed by atoms with Gasteiger partial charge in [0.15, 0.2) is 0 Å². The van der Waals surface area contributed by atoms with Crippen LogP contribution in [0.4, 0.5) is 0 Å². The quantitative estimate of drug-likeness (QED) is 0.521. The smallest absolute Gasteiger partial charge is 0.269 e. The Morgan fingerprint density at radius 1 is 1.14 bits per heavy atom. The number of hydrogen-bond acceptors (Lipinski definition) is 3. The monoisotopic (exact) mass is 283 g/mol. The van der Waals surface area contributed by atoms with E-state index in [1.165, 1.54) is 13.1 Å². The standard InChI is InChI=1S/C17H17NO3/c1-18(20)17(19)12-9-14-7-10-16(11-8-14)21-13-15-5-3-2-4-6-15/h2-12,20H,13H2,1H3/b12-9+. The number of hydroxylamine groups is 2. The summed E-state index contributed by atoms with van der Waals surface area (Å²) in [7, 11) is 1.28. The highest BCUT2D eigenvalue weighted by atomic mass is 16.5. The predicted molar refractivity (Wildman–Crippen MR) is 80.8 cm³/mol. The summed E-state index contributed by atoms with van der Waals surface area (Å²) in [5, 5.41) is 9.47. The summed E-state index contributed by atoms with van der Waals surface area (Å²) in [5.74, 6) is 0.293. The molecule has 0 aromatic heterocycles. The third-order valence-corrected chi connectivity index (χ3v) is 2.87. The van der Waals surface area contributed by atoms with Crippen molar-refractivity contribution in [1.29, 1.82) is 0 Å². The molecule has 0 heterocycles. The molecule has 0 aliphatic carbocycles. The zero-order valence-corrected chi connectivity index (χ0v) is 11.8. The van der Waals surface area contributed by atoms with Crippen LogP contribution in [0.25, 0.3) is 6.08 Å². The fraction of sp³-hybridized carbons (Fsp3) is 0.118. The fourth-order valence-electron chi connectivity index (χ4n) is 1.69. The largest absolute Gasteiger partial charge is 0.489 e. The lowest BCUT2D eigenvalue weighted by atomic mass is 10.2. The summed E-state index contributed by atoms with van der Waals surface area (Å²) in [6.07, 6.45) is 2.94. The minimum atomic E-state index is -0.473. The molecule has 0 bridgehead atoms. The molecule has 1 amide bonds. The van der Waals surface area contributed by atoms with E-state index in [2.05, 4.69) is 0 Å². The third-order valence-electron chi connectivity index (χ3n) is 2.87. The molecular formula is C17H17NO3. The number of amides is 1. The van der Waals surface area contributed by atoms with Gasteiger partial charge in [0.25, 0.3) is 5.91 Å². The number of benzene rings is 2. The van der Waals surface area contributed by atoms with E-state index in [1.807, 2.05) is 54.6 Å². The number of likely N-dealkylation sites (N-methyl/N-ethyl adjacent to an activating group) is 1. The lowest BCUT2D eigenvalue weighted by molar-refractivity contribution is -0.153. The Hall–Kier alpha value is -2.59. The lowest BCUT2D eigenvalue weighted by Crippen LogP contribution is -2.19. The molecule has 0 radical (unpaired) electrons. The van der Waals surface area contributed by atoms with Gasteiger partial charge in [-0.3, -0.25) is 10.0 Å². The first-order chi connectivity index (χ1) is 10.1. The van der Waals surface area contributed by atoms with E-state index in [0.717, 1.165) is 16.9 Å². The van der Waals surface area contributed by atoms with Crippen LogP contribution in [-0.4, -0.2) is 23.2 Å². The van der Waals surface area contributed by atoms with Gasteiger partial charge in [-0.15, -0.1) is 0 Å². The first kappa shape index (κ1) is 14.8. The number of ether oxygens (including phenoxy) is 1. The van der Waals surface area contributed by atoms with Gasteiger partial charge in [0.1, 0.15) is 12.4 Å². The number of rotatable bonds is 5. The van der Waals surface area contributed by atoms with Crippen molar-refractivity contribution < 1.29 is 14.7 Å². The molecule has 108 valence electrons. The minimum Gasteiger partial charge on any atom is -0.489 e. The van der Waals surface area contributed by atoms with E-state index < -0.39 is 5.91 Å². The Labute approximate surface area is 123 Å². The second-order valence-electron chi connectivity index (χ2n) is 4.54.